The van der Waals surface area contributed by atoms with Gasteiger partial charge in [-0.3, -0.25) is 4.79 Å². The minimum absolute atomic E-state index is 0.0214. The van der Waals surface area contributed by atoms with Crippen molar-refractivity contribution in [1.29, 1.82) is 0 Å². The summed E-state index contributed by atoms with van der Waals surface area (Å²) in [4.78, 5) is 12.0. The highest BCUT2D eigenvalue weighted by Gasteiger charge is 2.14. The molecule has 0 bridgehead atoms. The van der Waals surface area contributed by atoms with Crippen LogP contribution in [0.1, 0.15) is 37.7 Å². The lowest BCUT2D eigenvalue weighted by molar-refractivity contribution is -0.121. The third kappa shape index (κ3) is 4.82. The number of hydrogen-bond donors (Lipinski definition) is 2. The van der Waals surface area contributed by atoms with Crippen molar-refractivity contribution in [3.8, 4) is 0 Å². The number of aliphatic hydroxyl groups excluding tert-OH is 1. The molecule has 3 nitrogen and oxygen atoms in total. The zero-order valence-corrected chi connectivity index (χ0v) is 11.8. The van der Waals surface area contributed by atoms with E-state index in [0.717, 1.165) is 18.4 Å². The Morgan fingerprint density at radius 1 is 1.25 bits per heavy atom. The Morgan fingerprint density at radius 2 is 2.05 bits per heavy atom. The molecule has 0 aromatic heterocycles. The number of nitrogens with one attached hydrogen (secondary N) is 1. The maximum absolute atomic E-state index is 12.0. The van der Waals surface area contributed by atoms with E-state index in [1.807, 2.05) is 30.3 Å². The lowest BCUT2D eigenvalue weighted by Crippen LogP contribution is -2.39. The summed E-state index contributed by atoms with van der Waals surface area (Å²) in [5.41, 5.74) is 2.37. The first kappa shape index (κ1) is 14.8. The van der Waals surface area contributed by atoms with Crippen LogP contribution >= 0.6 is 0 Å². The quantitative estimate of drug-likeness (QED) is 0.783. The predicted molar refractivity (Wildman–Crippen MR) is 80.3 cm³/mol. The second-order valence-corrected chi connectivity index (χ2v) is 5.42. The number of carbonyl (C=O) groups excluding carboxylic acids is 1. The summed E-state index contributed by atoms with van der Waals surface area (Å²) < 4.78 is 0. The number of carbonyl (C=O) groups is 1. The third-order valence-corrected chi connectivity index (χ3v) is 3.68. The first-order chi connectivity index (χ1) is 9.78. The predicted octanol–water partition coefficient (Wildman–Crippen LogP) is 2.60. The van der Waals surface area contributed by atoms with Crippen molar-refractivity contribution in [2.24, 2.45) is 0 Å². The molecule has 1 aromatic rings. The Balaban J connectivity index is 1.83. The van der Waals surface area contributed by atoms with Crippen LogP contribution in [0, 0.1) is 0 Å². The molecule has 0 aliphatic heterocycles. The van der Waals surface area contributed by atoms with Gasteiger partial charge in [0.1, 0.15) is 0 Å². The average Bonchev–Trinajstić information content (AvgIpc) is 2.48. The van der Waals surface area contributed by atoms with Crippen LogP contribution < -0.4 is 5.32 Å². The van der Waals surface area contributed by atoms with E-state index >= 15 is 0 Å². The molecule has 0 fully saturated rings. The van der Waals surface area contributed by atoms with E-state index in [2.05, 4.69) is 11.4 Å². The van der Waals surface area contributed by atoms with Gasteiger partial charge < -0.3 is 10.4 Å². The maximum atomic E-state index is 12.0. The number of benzene rings is 1. The Hall–Kier alpha value is -1.61. The standard InChI is InChI=1S/C17H23NO2/c19-13-16(11-14-7-3-1-4-8-14)18-17(20)12-15-9-5-2-6-10-15/h1,3-4,7-9,16,19H,2,5-6,10-13H2,(H,18,20). The molecule has 20 heavy (non-hydrogen) atoms. The summed E-state index contributed by atoms with van der Waals surface area (Å²) in [6.07, 6.45) is 7.89. The molecule has 1 aromatic carbocycles. The number of hydrogen-bond acceptors (Lipinski definition) is 2. The molecule has 0 saturated carbocycles. The summed E-state index contributed by atoms with van der Waals surface area (Å²) in [5, 5.41) is 12.3. The number of aliphatic hydroxyl groups is 1. The second-order valence-electron chi connectivity index (χ2n) is 5.42. The Bertz CT molecular complexity index is 453. The molecule has 0 spiro atoms. The van der Waals surface area contributed by atoms with Crippen LogP contribution in [0.15, 0.2) is 42.0 Å². The normalized spacial score (nSPS) is 16.4. The van der Waals surface area contributed by atoms with Gasteiger partial charge in [-0.05, 0) is 37.7 Å². The van der Waals surface area contributed by atoms with E-state index in [4.69, 9.17) is 0 Å². The van der Waals surface area contributed by atoms with Gasteiger partial charge in [-0.2, -0.15) is 0 Å². The van der Waals surface area contributed by atoms with Gasteiger partial charge in [-0.25, -0.2) is 0 Å². The van der Waals surface area contributed by atoms with Crippen molar-refractivity contribution in [1.82, 2.24) is 5.32 Å². The molecule has 1 amide bonds. The first-order valence-corrected chi connectivity index (χ1v) is 7.40. The zero-order chi connectivity index (χ0) is 14.2. The molecule has 1 aliphatic carbocycles. The Morgan fingerprint density at radius 3 is 2.70 bits per heavy atom. The molecular formula is C17H23NO2. The van der Waals surface area contributed by atoms with Gasteiger partial charge >= 0.3 is 0 Å². The van der Waals surface area contributed by atoms with Gasteiger partial charge in [0.25, 0.3) is 0 Å². The van der Waals surface area contributed by atoms with Gasteiger partial charge in [0.15, 0.2) is 0 Å². The van der Waals surface area contributed by atoms with Crippen LogP contribution in [0.3, 0.4) is 0 Å². The number of amides is 1. The van der Waals surface area contributed by atoms with Crippen LogP contribution in [-0.2, 0) is 11.2 Å². The molecule has 0 heterocycles. The van der Waals surface area contributed by atoms with Gasteiger partial charge in [0.2, 0.25) is 5.91 Å². The molecule has 1 unspecified atom stereocenters. The van der Waals surface area contributed by atoms with Crippen molar-refractivity contribution in [3.05, 3.63) is 47.5 Å². The van der Waals surface area contributed by atoms with E-state index < -0.39 is 0 Å². The fourth-order valence-electron chi connectivity index (χ4n) is 2.61. The average molecular weight is 273 g/mol. The highest BCUT2D eigenvalue weighted by Crippen LogP contribution is 2.19. The van der Waals surface area contributed by atoms with Crippen LogP contribution in [-0.4, -0.2) is 23.7 Å². The molecule has 0 saturated heterocycles. The van der Waals surface area contributed by atoms with E-state index in [9.17, 15) is 9.90 Å². The maximum Gasteiger partial charge on any atom is 0.224 e. The van der Waals surface area contributed by atoms with E-state index in [-0.39, 0.29) is 18.6 Å². The number of rotatable bonds is 6. The van der Waals surface area contributed by atoms with Crippen molar-refractivity contribution < 1.29 is 9.90 Å². The summed E-state index contributed by atoms with van der Waals surface area (Å²) in [6.45, 7) is -0.0281. The zero-order valence-electron chi connectivity index (χ0n) is 11.8. The summed E-state index contributed by atoms with van der Waals surface area (Å²) >= 11 is 0. The van der Waals surface area contributed by atoms with E-state index in [1.54, 1.807) is 0 Å². The molecule has 2 N–H and O–H groups in total. The van der Waals surface area contributed by atoms with Crippen molar-refractivity contribution in [2.45, 2.75) is 44.6 Å². The first-order valence-electron chi connectivity index (χ1n) is 7.40. The largest absolute Gasteiger partial charge is 0.394 e. The molecule has 1 atom stereocenters. The van der Waals surface area contributed by atoms with Gasteiger partial charge in [-0.15, -0.1) is 0 Å². The Kier molecular flexibility index (Phi) is 5.81. The second kappa shape index (κ2) is 7.85. The fourth-order valence-corrected chi connectivity index (χ4v) is 2.61. The molecule has 108 valence electrons. The summed E-state index contributed by atoms with van der Waals surface area (Å²) in [6, 6.07) is 9.73. The molecular weight excluding hydrogens is 250 g/mol. The summed E-state index contributed by atoms with van der Waals surface area (Å²) in [5.74, 6) is 0.0214. The van der Waals surface area contributed by atoms with Crippen LogP contribution in [0.25, 0.3) is 0 Å². The minimum Gasteiger partial charge on any atom is -0.394 e. The van der Waals surface area contributed by atoms with Crippen molar-refractivity contribution in [2.75, 3.05) is 6.61 Å². The highest BCUT2D eigenvalue weighted by molar-refractivity contribution is 5.78. The van der Waals surface area contributed by atoms with Crippen LogP contribution in [0.2, 0.25) is 0 Å². The van der Waals surface area contributed by atoms with Crippen molar-refractivity contribution >= 4 is 5.91 Å². The lowest BCUT2D eigenvalue weighted by Gasteiger charge is -2.18. The Labute approximate surface area is 120 Å². The van der Waals surface area contributed by atoms with E-state index in [0.29, 0.717) is 12.8 Å². The topological polar surface area (TPSA) is 49.3 Å². The monoisotopic (exact) mass is 273 g/mol. The number of allylic oxidation sites excluding steroid dienone is 1. The van der Waals surface area contributed by atoms with Crippen LogP contribution in [0.4, 0.5) is 0 Å². The van der Waals surface area contributed by atoms with E-state index in [1.165, 1.54) is 18.4 Å². The van der Waals surface area contributed by atoms with Gasteiger partial charge in [0.05, 0.1) is 12.6 Å². The highest BCUT2D eigenvalue weighted by atomic mass is 16.3. The fraction of sp³-hybridized carbons (Fsp3) is 0.471. The van der Waals surface area contributed by atoms with Gasteiger partial charge in [-0.1, -0.05) is 42.0 Å². The molecule has 0 radical (unpaired) electrons. The molecule has 1 aliphatic rings. The molecule has 2 rings (SSSR count). The minimum atomic E-state index is -0.200. The SMILES string of the molecule is O=C(CC1=CCCCC1)NC(CO)Cc1ccccc1. The smallest absolute Gasteiger partial charge is 0.224 e. The third-order valence-electron chi connectivity index (χ3n) is 3.68. The lowest BCUT2D eigenvalue weighted by atomic mass is 9.97. The van der Waals surface area contributed by atoms with Gasteiger partial charge in [0, 0.05) is 6.42 Å². The summed E-state index contributed by atoms with van der Waals surface area (Å²) in [7, 11) is 0. The van der Waals surface area contributed by atoms with Crippen LogP contribution in [0.5, 0.6) is 0 Å². The molecule has 3 heteroatoms. The van der Waals surface area contributed by atoms with Crippen molar-refractivity contribution in [3.63, 3.8) is 0 Å².